The second-order valence-corrected chi connectivity index (χ2v) is 4.79. The first-order valence-corrected chi connectivity index (χ1v) is 6.24. The van der Waals surface area contributed by atoms with Crippen LogP contribution in [0, 0.1) is 18.3 Å². The Morgan fingerprint density at radius 2 is 2.00 bits per heavy atom. The fraction of sp³-hybridized carbons (Fsp3) is 0.250. The number of aryl methyl sites for hydroxylation is 1. The van der Waals surface area contributed by atoms with E-state index in [-0.39, 0.29) is 0 Å². The summed E-state index contributed by atoms with van der Waals surface area (Å²) in [4.78, 5) is 3.93. The van der Waals surface area contributed by atoms with E-state index < -0.39 is 0 Å². The number of ether oxygens (including phenoxy) is 1. The highest BCUT2D eigenvalue weighted by Crippen LogP contribution is 2.31. The highest BCUT2D eigenvalue weighted by Gasteiger charge is 2.09. The van der Waals surface area contributed by atoms with Crippen LogP contribution in [0.1, 0.15) is 36.6 Å². The van der Waals surface area contributed by atoms with E-state index in [1.54, 1.807) is 18.3 Å². The Bertz CT molecular complexity index is 627. The Labute approximate surface area is 113 Å². The third-order valence-electron chi connectivity index (χ3n) is 2.86. The number of rotatable bonds is 3. The van der Waals surface area contributed by atoms with Crippen molar-refractivity contribution in [1.29, 1.82) is 5.26 Å². The molecular formula is C16H16N2O. The minimum atomic E-state index is 0.358. The molecule has 0 unspecified atom stereocenters. The van der Waals surface area contributed by atoms with Crippen molar-refractivity contribution in [1.82, 2.24) is 4.98 Å². The fourth-order valence-corrected chi connectivity index (χ4v) is 1.87. The van der Waals surface area contributed by atoms with Crippen molar-refractivity contribution in [3.8, 4) is 17.6 Å². The highest BCUT2D eigenvalue weighted by atomic mass is 16.5. The van der Waals surface area contributed by atoms with Crippen LogP contribution >= 0.6 is 0 Å². The van der Waals surface area contributed by atoms with E-state index in [9.17, 15) is 0 Å². The zero-order valence-corrected chi connectivity index (χ0v) is 11.3. The lowest BCUT2D eigenvalue weighted by molar-refractivity contribution is 0.472. The molecule has 0 saturated carbocycles. The van der Waals surface area contributed by atoms with Crippen molar-refractivity contribution in [3.05, 3.63) is 53.3 Å². The molecule has 96 valence electrons. The van der Waals surface area contributed by atoms with E-state index in [1.807, 2.05) is 19.1 Å². The van der Waals surface area contributed by atoms with Gasteiger partial charge in [0, 0.05) is 12.3 Å². The maximum atomic E-state index is 8.85. The van der Waals surface area contributed by atoms with Gasteiger partial charge in [0.05, 0.1) is 0 Å². The van der Waals surface area contributed by atoms with Gasteiger partial charge < -0.3 is 4.74 Å². The molecule has 0 N–H and O–H groups in total. The number of nitriles is 1. The molecule has 2 rings (SSSR count). The molecule has 0 aliphatic carbocycles. The molecule has 1 aromatic heterocycles. The van der Waals surface area contributed by atoms with E-state index in [2.05, 4.69) is 31.0 Å². The molecule has 2 aromatic rings. The standard InChI is InChI=1S/C16H16N2O/c1-11(2)15-5-4-12(3)8-16(15)19-14-6-7-18-13(9-14)10-17/h4-9,11H,1-3H3. The van der Waals surface area contributed by atoms with Crippen molar-refractivity contribution < 1.29 is 4.74 Å². The summed E-state index contributed by atoms with van der Waals surface area (Å²) >= 11 is 0. The zero-order chi connectivity index (χ0) is 13.8. The molecule has 0 bridgehead atoms. The maximum Gasteiger partial charge on any atom is 0.144 e. The van der Waals surface area contributed by atoms with Crippen molar-refractivity contribution in [3.63, 3.8) is 0 Å². The van der Waals surface area contributed by atoms with Crippen LogP contribution in [-0.4, -0.2) is 4.98 Å². The van der Waals surface area contributed by atoms with E-state index in [4.69, 9.17) is 10.00 Å². The SMILES string of the molecule is Cc1ccc(C(C)C)c(Oc2ccnc(C#N)c2)c1. The third-order valence-corrected chi connectivity index (χ3v) is 2.86. The van der Waals surface area contributed by atoms with E-state index in [0.717, 1.165) is 16.9 Å². The van der Waals surface area contributed by atoms with Gasteiger partial charge in [0.1, 0.15) is 23.3 Å². The summed E-state index contributed by atoms with van der Waals surface area (Å²) in [6.07, 6.45) is 1.58. The van der Waals surface area contributed by atoms with Crippen molar-refractivity contribution >= 4 is 0 Å². The number of hydrogen-bond donors (Lipinski definition) is 0. The summed E-state index contributed by atoms with van der Waals surface area (Å²) in [5.74, 6) is 1.86. The lowest BCUT2D eigenvalue weighted by atomic mass is 10.0. The third kappa shape index (κ3) is 3.11. The smallest absolute Gasteiger partial charge is 0.144 e. The normalized spacial score (nSPS) is 10.3. The number of pyridine rings is 1. The summed E-state index contributed by atoms with van der Waals surface area (Å²) in [7, 11) is 0. The van der Waals surface area contributed by atoms with Gasteiger partial charge in [0.25, 0.3) is 0 Å². The van der Waals surface area contributed by atoms with Gasteiger partial charge in [-0.1, -0.05) is 26.0 Å². The van der Waals surface area contributed by atoms with Crippen LogP contribution in [0.4, 0.5) is 0 Å². The van der Waals surface area contributed by atoms with Crippen LogP contribution < -0.4 is 4.74 Å². The summed E-state index contributed by atoms with van der Waals surface area (Å²) in [6.45, 7) is 6.29. The van der Waals surface area contributed by atoms with Gasteiger partial charge in [-0.2, -0.15) is 5.26 Å². The largest absolute Gasteiger partial charge is 0.457 e. The number of aromatic nitrogens is 1. The molecule has 19 heavy (non-hydrogen) atoms. The molecule has 1 heterocycles. The predicted octanol–water partition coefficient (Wildman–Crippen LogP) is 4.18. The number of benzene rings is 1. The average molecular weight is 252 g/mol. The number of nitrogens with zero attached hydrogens (tertiary/aromatic N) is 2. The molecule has 1 aromatic carbocycles. The first-order valence-electron chi connectivity index (χ1n) is 6.24. The average Bonchev–Trinajstić information content (AvgIpc) is 2.38. The topological polar surface area (TPSA) is 45.9 Å². The van der Waals surface area contributed by atoms with Crippen molar-refractivity contribution in [2.45, 2.75) is 26.7 Å². The zero-order valence-electron chi connectivity index (χ0n) is 11.3. The second-order valence-electron chi connectivity index (χ2n) is 4.79. The maximum absolute atomic E-state index is 8.85. The quantitative estimate of drug-likeness (QED) is 0.823. The monoisotopic (exact) mass is 252 g/mol. The van der Waals surface area contributed by atoms with Crippen molar-refractivity contribution in [2.75, 3.05) is 0 Å². The first kappa shape index (κ1) is 13.1. The van der Waals surface area contributed by atoms with Gasteiger partial charge in [-0.05, 0) is 36.1 Å². The Hall–Kier alpha value is -2.34. The Morgan fingerprint density at radius 1 is 1.21 bits per heavy atom. The molecule has 0 atom stereocenters. The molecule has 0 spiro atoms. The lowest BCUT2D eigenvalue weighted by Gasteiger charge is -2.14. The predicted molar refractivity (Wildman–Crippen MR) is 74.3 cm³/mol. The second kappa shape index (κ2) is 5.53. The summed E-state index contributed by atoms with van der Waals surface area (Å²) in [5, 5.41) is 8.85. The molecule has 0 fully saturated rings. The van der Waals surface area contributed by atoms with E-state index in [1.165, 1.54) is 0 Å². The van der Waals surface area contributed by atoms with Crippen LogP contribution in [0.25, 0.3) is 0 Å². The molecule has 0 radical (unpaired) electrons. The fourth-order valence-electron chi connectivity index (χ4n) is 1.87. The van der Waals surface area contributed by atoms with Crippen LogP contribution in [0.15, 0.2) is 36.5 Å². The highest BCUT2D eigenvalue weighted by molar-refractivity contribution is 5.42. The van der Waals surface area contributed by atoms with Crippen LogP contribution in [0.2, 0.25) is 0 Å². The Kier molecular flexibility index (Phi) is 3.82. The Morgan fingerprint density at radius 3 is 2.68 bits per heavy atom. The first-order chi connectivity index (χ1) is 9.10. The van der Waals surface area contributed by atoms with Gasteiger partial charge in [-0.3, -0.25) is 0 Å². The molecule has 3 nitrogen and oxygen atoms in total. The summed E-state index contributed by atoms with van der Waals surface area (Å²) in [6, 6.07) is 11.6. The summed E-state index contributed by atoms with van der Waals surface area (Å²) in [5.41, 5.74) is 2.66. The van der Waals surface area contributed by atoms with Crippen molar-refractivity contribution in [2.24, 2.45) is 0 Å². The van der Waals surface area contributed by atoms with Gasteiger partial charge >= 0.3 is 0 Å². The van der Waals surface area contributed by atoms with Gasteiger partial charge in [-0.25, -0.2) is 4.98 Å². The number of hydrogen-bond acceptors (Lipinski definition) is 3. The van der Waals surface area contributed by atoms with E-state index >= 15 is 0 Å². The lowest BCUT2D eigenvalue weighted by Crippen LogP contribution is -1.95. The molecular weight excluding hydrogens is 236 g/mol. The minimum absolute atomic E-state index is 0.358. The van der Waals surface area contributed by atoms with Gasteiger partial charge in [-0.15, -0.1) is 0 Å². The Balaban J connectivity index is 2.37. The summed E-state index contributed by atoms with van der Waals surface area (Å²) < 4.78 is 5.90. The minimum Gasteiger partial charge on any atom is -0.457 e. The molecule has 3 heteroatoms. The van der Waals surface area contributed by atoms with Gasteiger partial charge in [0.15, 0.2) is 0 Å². The van der Waals surface area contributed by atoms with Crippen LogP contribution in [0.5, 0.6) is 11.5 Å². The van der Waals surface area contributed by atoms with Crippen LogP contribution in [0.3, 0.4) is 0 Å². The molecule has 0 aliphatic heterocycles. The molecule has 0 saturated heterocycles. The van der Waals surface area contributed by atoms with Gasteiger partial charge in [0.2, 0.25) is 0 Å². The molecule has 0 aliphatic rings. The van der Waals surface area contributed by atoms with Crippen LogP contribution in [-0.2, 0) is 0 Å². The van der Waals surface area contributed by atoms with E-state index in [0.29, 0.717) is 17.4 Å². The molecule has 0 amide bonds.